The quantitative estimate of drug-likeness (QED) is 0.681. The van der Waals surface area contributed by atoms with E-state index in [0.717, 1.165) is 10.5 Å². The van der Waals surface area contributed by atoms with Gasteiger partial charge in [-0.2, -0.15) is 0 Å². The average Bonchev–Trinajstić information content (AvgIpc) is 2.52. The number of carbonyl (C=O) groups excluding carboxylic acids is 2. The van der Waals surface area contributed by atoms with Crippen molar-refractivity contribution in [1.82, 2.24) is 0 Å². The van der Waals surface area contributed by atoms with Crippen LogP contribution in [0.5, 0.6) is 0 Å². The lowest BCUT2D eigenvalue weighted by Crippen LogP contribution is -2.30. The third-order valence-corrected chi connectivity index (χ3v) is 2.70. The summed E-state index contributed by atoms with van der Waals surface area (Å²) < 4.78 is 0. The zero-order valence-electron chi connectivity index (χ0n) is 8.03. The Bertz CT molecular complexity index is 461. The van der Waals surface area contributed by atoms with Gasteiger partial charge >= 0.3 is 0 Å². The van der Waals surface area contributed by atoms with Crippen LogP contribution in [0.1, 0.15) is 5.56 Å². The Balaban J connectivity index is 2.51. The lowest BCUT2D eigenvalue weighted by molar-refractivity contribution is -0.119. The van der Waals surface area contributed by atoms with E-state index in [0.29, 0.717) is 10.7 Å². The third kappa shape index (κ3) is 1.55. The summed E-state index contributed by atoms with van der Waals surface area (Å²) in [6, 6.07) is 5.13. The first kappa shape index (κ1) is 9.93. The molecule has 2 rings (SSSR count). The molecule has 0 spiro atoms. The van der Waals surface area contributed by atoms with Gasteiger partial charge in [-0.25, -0.2) is 4.90 Å². The first-order valence-corrected chi connectivity index (χ1v) is 4.80. The molecule has 76 valence electrons. The van der Waals surface area contributed by atoms with Gasteiger partial charge in [-0.15, -0.1) is 0 Å². The predicted molar refractivity (Wildman–Crippen MR) is 57.8 cm³/mol. The molecule has 3 nitrogen and oxygen atoms in total. The van der Waals surface area contributed by atoms with Crippen LogP contribution < -0.4 is 4.90 Å². The molecule has 0 unspecified atom stereocenters. The van der Waals surface area contributed by atoms with Gasteiger partial charge in [0.05, 0.1) is 5.69 Å². The molecular weight excluding hydrogens is 214 g/mol. The summed E-state index contributed by atoms with van der Waals surface area (Å²) in [5, 5.41) is 0.542. The number of anilines is 1. The molecule has 1 aliphatic rings. The van der Waals surface area contributed by atoms with Gasteiger partial charge in [0.15, 0.2) is 0 Å². The van der Waals surface area contributed by atoms with Crippen molar-refractivity contribution in [2.45, 2.75) is 6.92 Å². The van der Waals surface area contributed by atoms with Gasteiger partial charge in [-0.3, -0.25) is 9.59 Å². The molecule has 0 fully saturated rings. The van der Waals surface area contributed by atoms with E-state index in [2.05, 4.69) is 0 Å². The second-order valence-electron chi connectivity index (χ2n) is 3.23. The smallest absolute Gasteiger partial charge is 0.258 e. The lowest BCUT2D eigenvalue weighted by Gasteiger charge is -2.16. The van der Waals surface area contributed by atoms with Crippen molar-refractivity contribution in [3.63, 3.8) is 0 Å². The van der Waals surface area contributed by atoms with Crippen LogP contribution in [0.4, 0.5) is 5.69 Å². The maximum Gasteiger partial charge on any atom is 0.258 e. The minimum Gasteiger partial charge on any atom is -0.269 e. The Labute approximate surface area is 91.9 Å². The van der Waals surface area contributed by atoms with E-state index < -0.39 is 0 Å². The molecule has 0 radical (unpaired) electrons. The topological polar surface area (TPSA) is 37.4 Å². The summed E-state index contributed by atoms with van der Waals surface area (Å²) in [7, 11) is 0. The van der Waals surface area contributed by atoms with Gasteiger partial charge in [-0.05, 0) is 24.6 Å². The number of imide groups is 1. The van der Waals surface area contributed by atoms with Crippen LogP contribution in [0.25, 0.3) is 0 Å². The summed E-state index contributed by atoms with van der Waals surface area (Å²) in [5.74, 6) is -0.657. The van der Waals surface area contributed by atoms with E-state index in [1.54, 1.807) is 25.1 Å². The number of nitrogens with zero attached hydrogens (tertiary/aromatic N) is 1. The maximum absolute atomic E-state index is 11.4. The zero-order chi connectivity index (χ0) is 11.0. The van der Waals surface area contributed by atoms with Gasteiger partial charge in [-0.1, -0.05) is 17.7 Å². The fourth-order valence-corrected chi connectivity index (χ4v) is 1.65. The largest absolute Gasteiger partial charge is 0.269 e. The van der Waals surface area contributed by atoms with E-state index in [1.165, 1.54) is 12.2 Å². The zero-order valence-corrected chi connectivity index (χ0v) is 8.78. The molecule has 1 aromatic rings. The molecule has 0 N–H and O–H groups in total. The second-order valence-corrected chi connectivity index (χ2v) is 3.64. The van der Waals surface area contributed by atoms with E-state index >= 15 is 0 Å². The molecule has 0 bridgehead atoms. The molecular formula is C11H8ClNO2. The van der Waals surface area contributed by atoms with Crippen LogP contribution in [0, 0.1) is 6.92 Å². The van der Waals surface area contributed by atoms with Gasteiger partial charge in [0.25, 0.3) is 11.8 Å². The van der Waals surface area contributed by atoms with Crippen molar-refractivity contribution in [2.75, 3.05) is 4.90 Å². The van der Waals surface area contributed by atoms with Crippen LogP contribution in [0.3, 0.4) is 0 Å². The SMILES string of the molecule is Cc1c(Cl)cccc1N1C(=O)C=CC1=O. The number of amides is 2. The van der Waals surface area contributed by atoms with Crippen LogP contribution in [0.2, 0.25) is 5.02 Å². The van der Waals surface area contributed by atoms with Gasteiger partial charge in [0, 0.05) is 17.2 Å². The van der Waals surface area contributed by atoms with E-state index in [4.69, 9.17) is 11.6 Å². The summed E-state index contributed by atoms with van der Waals surface area (Å²) in [4.78, 5) is 24.0. The molecule has 0 saturated carbocycles. The molecule has 0 atom stereocenters. The highest BCUT2D eigenvalue weighted by atomic mass is 35.5. The molecule has 1 aliphatic heterocycles. The fourth-order valence-electron chi connectivity index (χ4n) is 1.48. The summed E-state index contributed by atoms with van der Waals surface area (Å²) in [5.41, 5.74) is 1.27. The fraction of sp³-hybridized carbons (Fsp3) is 0.0909. The van der Waals surface area contributed by atoms with Crippen LogP contribution >= 0.6 is 11.6 Å². The Hall–Kier alpha value is -1.61. The number of halogens is 1. The summed E-state index contributed by atoms with van der Waals surface area (Å²) in [6.45, 7) is 1.77. The molecule has 4 heteroatoms. The minimum atomic E-state index is -0.328. The van der Waals surface area contributed by atoms with Gasteiger partial charge < -0.3 is 0 Å². The maximum atomic E-state index is 11.4. The molecule has 1 heterocycles. The van der Waals surface area contributed by atoms with Crippen LogP contribution in [-0.4, -0.2) is 11.8 Å². The number of benzene rings is 1. The first-order chi connectivity index (χ1) is 7.11. The Morgan fingerprint density at radius 1 is 1.13 bits per heavy atom. The Kier molecular flexibility index (Phi) is 2.32. The highest BCUT2D eigenvalue weighted by molar-refractivity contribution is 6.33. The summed E-state index contributed by atoms with van der Waals surface area (Å²) in [6.07, 6.45) is 2.51. The normalized spacial score (nSPS) is 15.2. The molecule has 15 heavy (non-hydrogen) atoms. The first-order valence-electron chi connectivity index (χ1n) is 4.42. The molecule has 1 aromatic carbocycles. The molecule has 2 amide bonds. The highest BCUT2D eigenvalue weighted by Gasteiger charge is 2.26. The third-order valence-electron chi connectivity index (χ3n) is 2.29. The van der Waals surface area contributed by atoms with E-state index in [1.807, 2.05) is 0 Å². The van der Waals surface area contributed by atoms with Crippen molar-refractivity contribution in [2.24, 2.45) is 0 Å². The Morgan fingerprint density at radius 3 is 2.33 bits per heavy atom. The summed E-state index contributed by atoms with van der Waals surface area (Å²) >= 11 is 5.92. The number of hydrogen-bond donors (Lipinski definition) is 0. The standard InChI is InChI=1S/C11H8ClNO2/c1-7-8(12)3-2-4-9(7)13-10(14)5-6-11(13)15/h2-6H,1H3. The lowest BCUT2D eigenvalue weighted by atomic mass is 10.2. The predicted octanol–water partition coefficient (Wildman–Crippen LogP) is 2.08. The minimum absolute atomic E-state index is 0.328. The molecule has 0 aromatic heterocycles. The van der Waals surface area contributed by atoms with Crippen molar-refractivity contribution in [1.29, 1.82) is 0 Å². The number of rotatable bonds is 1. The highest BCUT2D eigenvalue weighted by Crippen LogP contribution is 2.28. The van der Waals surface area contributed by atoms with E-state index in [-0.39, 0.29) is 11.8 Å². The van der Waals surface area contributed by atoms with Crippen LogP contribution in [-0.2, 0) is 9.59 Å². The number of carbonyl (C=O) groups is 2. The van der Waals surface area contributed by atoms with Crippen molar-refractivity contribution in [3.05, 3.63) is 40.9 Å². The van der Waals surface area contributed by atoms with Gasteiger partial charge in [0.2, 0.25) is 0 Å². The second kappa shape index (κ2) is 3.51. The van der Waals surface area contributed by atoms with Gasteiger partial charge in [0.1, 0.15) is 0 Å². The van der Waals surface area contributed by atoms with Crippen molar-refractivity contribution >= 4 is 29.1 Å². The van der Waals surface area contributed by atoms with Crippen molar-refractivity contribution < 1.29 is 9.59 Å². The Morgan fingerprint density at radius 2 is 1.73 bits per heavy atom. The molecule has 0 saturated heterocycles. The van der Waals surface area contributed by atoms with Crippen LogP contribution in [0.15, 0.2) is 30.4 Å². The average molecular weight is 222 g/mol. The molecule has 0 aliphatic carbocycles. The van der Waals surface area contributed by atoms with E-state index in [9.17, 15) is 9.59 Å². The van der Waals surface area contributed by atoms with Crippen molar-refractivity contribution in [3.8, 4) is 0 Å². The number of hydrogen-bond acceptors (Lipinski definition) is 2. The monoisotopic (exact) mass is 221 g/mol.